The molecule has 2 aliphatic heterocycles. The molecule has 1 aromatic heterocycles. The third-order valence-corrected chi connectivity index (χ3v) is 8.06. The molecule has 0 aliphatic carbocycles. The highest BCUT2D eigenvalue weighted by Crippen LogP contribution is 2.45. The number of ketones is 1. The number of ether oxygens (including phenoxy) is 1. The summed E-state index contributed by atoms with van der Waals surface area (Å²) in [6.45, 7) is 6.81. The first-order valence-electron chi connectivity index (χ1n) is 12.4. The van der Waals surface area contributed by atoms with Crippen LogP contribution >= 0.6 is 11.3 Å². The van der Waals surface area contributed by atoms with Crippen LogP contribution in [0.15, 0.2) is 66.2 Å². The average molecular weight is 511 g/mol. The number of benzene rings is 3. The highest BCUT2D eigenvalue weighted by molar-refractivity contribution is 7.22. The van der Waals surface area contributed by atoms with Gasteiger partial charge in [-0.25, -0.2) is 4.98 Å². The summed E-state index contributed by atoms with van der Waals surface area (Å²) in [4.78, 5) is 33.2. The lowest BCUT2D eigenvalue weighted by Gasteiger charge is -2.23. The van der Waals surface area contributed by atoms with Gasteiger partial charge < -0.3 is 9.84 Å². The van der Waals surface area contributed by atoms with E-state index in [1.165, 1.54) is 21.8 Å². The molecule has 1 N–H and O–H groups in total. The van der Waals surface area contributed by atoms with Crippen LogP contribution in [0.4, 0.5) is 5.13 Å². The minimum atomic E-state index is -0.797. The number of thiazole rings is 1. The van der Waals surface area contributed by atoms with Crippen molar-refractivity contribution in [2.24, 2.45) is 0 Å². The Morgan fingerprint density at radius 3 is 2.73 bits per heavy atom. The van der Waals surface area contributed by atoms with Crippen molar-refractivity contribution < 1.29 is 19.4 Å². The standard InChI is InChI=1S/C30H26N2O4S/c1-16(2)18-7-9-22-24(15-18)37-30(31-22)32-26(20-6-4-5-17(3)13-20)25(28(34)29(32)35)27(33)21-8-10-23-19(14-21)11-12-36-23/h4-10,13-16,26,33H,11-12H2,1-3H3/b27-25+. The first kappa shape index (κ1) is 23.4. The number of hydrogen-bond acceptors (Lipinski definition) is 6. The molecule has 0 radical (unpaired) electrons. The first-order chi connectivity index (χ1) is 17.8. The fraction of sp³-hybridized carbons (Fsp3) is 0.233. The highest BCUT2D eigenvalue weighted by atomic mass is 32.1. The van der Waals surface area contributed by atoms with Gasteiger partial charge in [0.2, 0.25) is 0 Å². The smallest absolute Gasteiger partial charge is 0.301 e. The van der Waals surface area contributed by atoms with E-state index in [9.17, 15) is 14.7 Å². The molecule has 37 heavy (non-hydrogen) atoms. The maximum Gasteiger partial charge on any atom is 0.301 e. The molecule has 1 unspecified atom stereocenters. The fourth-order valence-electron chi connectivity index (χ4n) is 5.07. The van der Waals surface area contributed by atoms with Crippen molar-refractivity contribution >= 4 is 44.1 Å². The van der Waals surface area contributed by atoms with Crippen LogP contribution in [0.25, 0.3) is 16.0 Å². The summed E-state index contributed by atoms with van der Waals surface area (Å²) >= 11 is 1.38. The van der Waals surface area contributed by atoms with Gasteiger partial charge in [0, 0.05) is 12.0 Å². The number of aryl methyl sites for hydroxylation is 1. The van der Waals surface area contributed by atoms with Gasteiger partial charge in [-0.2, -0.15) is 0 Å². The molecular weight excluding hydrogens is 484 g/mol. The van der Waals surface area contributed by atoms with E-state index in [1.54, 1.807) is 12.1 Å². The van der Waals surface area contributed by atoms with Crippen LogP contribution in [0.5, 0.6) is 5.75 Å². The summed E-state index contributed by atoms with van der Waals surface area (Å²) in [7, 11) is 0. The quantitative estimate of drug-likeness (QED) is 0.198. The summed E-state index contributed by atoms with van der Waals surface area (Å²) in [5, 5.41) is 11.9. The van der Waals surface area contributed by atoms with Crippen molar-refractivity contribution in [2.45, 2.75) is 39.2 Å². The van der Waals surface area contributed by atoms with Crippen LogP contribution in [0, 0.1) is 6.92 Å². The number of carbonyl (C=O) groups excluding carboxylic acids is 2. The topological polar surface area (TPSA) is 79.7 Å². The van der Waals surface area contributed by atoms with Crippen LogP contribution in [0.1, 0.15) is 53.6 Å². The Balaban J connectivity index is 1.53. The van der Waals surface area contributed by atoms with E-state index in [0.29, 0.717) is 23.2 Å². The molecule has 3 aromatic carbocycles. The Morgan fingerprint density at radius 1 is 1.11 bits per heavy atom. The monoisotopic (exact) mass is 510 g/mol. The Kier molecular flexibility index (Phi) is 5.60. The Morgan fingerprint density at radius 2 is 1.95 bits per heavy atom. The van der Waals surface area contributed by atoms with E-state index in [4.69, 9.17) is 9.72 Å². The minimum Gasteiger partial charge on any atom is -0.507 e. The number of aliphatic hydroxyl groups is 1. The molecule has 186 valence electrons. The molecule has 7 heteroatoms. The third kappa shape index (κ3) is 3.90. The Hall–Kier alpha value is -3.97. The molecule has 1 fully saturated rings. The largest absolute Gasteiger partial charge is 0.507 e. The Bertz CT molecular complexity index is 1620. The minimum absolute atomic E-state index is 0.0663. The van der Waals surface area contributed by atoms with Gasteiger partial charge in [-0.15, -0.1) is 0 Å². The van der Waals surface area contributed by atoms with Gasteiger partial charge >= 0.3 is 5.91 Å². The molecule has 4 aromatic rings. The molecular formula is C30H26N2O4S. The SMILES string of the molecule is Cc1cccc(C2/C(=C(\O)c3ccc4c(c3)CCO4)C(=O)C(=O)N2c2nc3ccc(C(C)C)cc3s2)c1. The number of aliphatic hydroxyl groups excluding tert-OH is 1. The number of nitrogens with zero attached hydrogens (tertiary/aromatic N) is 2. The zero-order valence-corrected chi connectivity index (χ0v) is 21.6. The molecule has 6 nitrogen and oxygen atoms in total. The van der Waals surface area contributed by atoms with Gasteiger partial charge in [0.05, 0.1) is 28.4 Å². The first-order valence-corrected chi connectivity index (χ1v) is 13.2. The van der Waals surface area contributed by atoms with Crippen molar-refractivity contribution in [3.8, 4) is 5.75 Å². The van der Waals surface area contributed by atoms with E-state index < -0.39 is 17.7 Å². The van der Waals surface area contributed by atoms with E-state index in [0.717, 1.165) is 39.1 Å². The summed E-state index contributed by atoms with van der Waals surface area (Å²) in [6.07, 6.45) is 0.732. The van der Waals surface area contributed by atoms with Gasteiger partial charge in [0.25, 0.3) is 5.78 Å². The average Bonchev–Trinajstić information content (AvgIpc) is 3.59. The van der Waals surface area contributed by atoms with E-state index in [-0.39, 0.29) is 11.3 Å². The van der Waals surface area contributed by atoms with Crippen molar-refractivity contribution in [3.05, 3.63) is 94.1 Å². The van der Waals surface area contributed by atoms with Crippen molar-refractivity contribution in [3.63, 3.8) is 0 Å². The summed E-state index contributed by atoms with van der Waals surface area (Å²) in [6, 6.07) is 18.3. The summed E-state index contributed by atoms with van der Waals surface area (Å²) in [5.41, 5.74) is 5.21. The highest BCUT2D eigenvalue weighted by Gasteiger charge is 2.48. The van der Waals surface area contributed by atoms with E-state index >= 15 is 0 Å². The zero-order chi connectivity index (χ0) is 25.8. The summed E-state index contributed by atoms with van der Waals surface area (Å²) < 4.78 is 6.54. The molecule has 6 rings (SSSR count). The lowest BCUT2D eigenvalue weighted by molar-refractivity contribution is -0.132. The maximum atomic E-state index is 13.5. The van der Waals surface area contributed by atoms with Crippen molar-refractivity contribution in [1.82, 2.24) is 4.98 Å². The van der Waals surface area contributed by atoms with Crippen LogP contribution in [0.2, 0.25) is 0 Å². The predicted octanol–water partition coefficient (Wildman–Crippen LogP) is 6.29. The normalized spacial score (nSPS) is 18.6. The number of hydrogen-bond donors (Lipinski definition) is 1. The molecule has 2 aliphatic rings. The second-order valence-electron chi connectivity index (χ2n) is 9.88. The van der Waals surface area contributed by atoms with Crippen LogP contribution in [-0.2, 0) is 16.0 Å². The van der Waals surface area contributed by atoms with Gasteiger partial charge in [0.15, 0.2) is 5.13 Å². The van der Waals surface area contributed by atoms with Crippen LogP contribution < -0.4 is 9.64 Å². The Labute approximate surface area is 218 Å². The molecule has 1 amide bonds. The number of anilines is 1. The van der Waals surface area contributed by atoms with Gasteiger partial charge in [-0.3, -0.25) is 14.5 Å². The van der Waals surface area contributed by atoms with Crippen molar-refractivity contribution in [1.29, 1.82) is 0 Å². The molecule has 0 spiro atoms. The second kappa shape index (κ2) is 8.85. The van der Waals surface area contributed by atoms with Crippen molar-refractivity contribution in [2.75, 3.05) is 11.5 Å². The summed E-state index contributed by atoms with van der Waals surface area (Å²) in [5.74, 6) is -0.467. The fourth-order valence-corrected chi connectivity index (χ4v) is 6.11. The lowest BCUT2D eigenvalue weighted by Crippen LogP contribution is -2.29. The number of aromatic nitrogens is 1. The molecule has 0 saturated carbocycles. The number of rotatable bonds is 4. The number of amides is 1. The van der Waals surface area contributed by atoms with Gasteiger partial charge in [-0.05, 0) is 59.9 Å². The molecule has 3 heterocycles. The number of fused-ring (bicyclic) bond motifs is 2. The van der Waals surface area contributed by atoms with E-state index in [1.807, 2.05) is 49.4 Å². The predicted molar refractivity (Wildman–Crippen MR) is 145 cm³/mol. The molecule has 1 atom stereocenters. The third-order valence-electron chi connectivity index (χ3n) is 7.04. The van der Waals surface area contributed by atoms with Gasteiger partial charge in [0.1, 0.15) is 11.5 Å². The number of carbonyl (C=O) groups is 2. The zero-order valence-electron chi connectivity index (χ0n) is 20.8. The second-order valence-corrected chi connectivity index (χ2v) is 10.9. The number of Topliss-reactive ketones (excluding diaryl/α,β-unsaturated/α-hetero) is 1. The molecule has 0 bridgehead atoms. The van der Waals surface area contributed by atoms with E-state index in [2.05, 4.69) is 19.9 Å². The van der Waals surface area contributed by atoms with Crippen LogP contribution in [0.3, 0.4) is 0 Å². The lowest BCUT2D eigenvalue weighted by atomic mass is 9.94. The van der Waals surface area contributed by atoms with Crippen LogP contribution in [-0.4, -0.2) is 28.4 Å². The maximum absolute atomic E-state index is 13.5. The van der Waals surface area contributed by atoms with Gasteiger partial charge in [-0.1, -0.05) is 61.1 Å². The molecule has 1 saturated heterocycles.